The highest BCUT2D eigenvalue weighted by atomic mass is 16.5. The highest BCUT2D eigenvalue weighted by Crippen LogP contribution is 2.05. The van der Waals surface area contributed by atoms with Gasteiger partial charge in [0.15, 0.2) is 0 Å². The van der Waals surface area contributed by atoms with Gasteiger partial charge in [-0.2, -0.15) is 0 Å². The minimum atomic E-state index is 0.406. The average molecular weight is 202 g/mol. The molecule has 14 heavy (non-hydrogen) atoms. The summed E-state index contributed by atoms with van der Waals surface area (Å²) in [5.41, 5.74) is 0. The molecule has 0 fully saturated rings. The lowest BCUT2D eigenvalue weighted by molar-refractivity contribution is 0.0495. The first kappa shape index (κ1) is 13.9. The van der Waals surface area contributed by atoms with Gasteiger partial charge in [0, 0.05) is 13.2 Å². The van der Waals surface area contributed by atoms with Gasteiger partial charge in [-0.25, -0.2) is 0 Å². The van der Waals surface area contributed by atoms with Gasteiger partial charge in [-0.15, -0.1) is 0 Å². The van der Waals surface area contributed by atoms with Crippen molar-refractivity contribution < 1.29 is 9.47 Å². The fraction of sp³-hybridized carbons (Fsp3) is 1.00. The van der Waals surface area contributed by atoms with Crippen molar-refractivity contribution in [3.63, 3.8) is 0 Å². The molecule has 2 unspecified atom stereocenters. The van der Waals surface area contributed by atoms with Crippen molar-refractivity contribution in [2.45, 2.75) is 65.6 Å². The summed E-state index contributed by atoms with van der Waals surface area (Å²) in [6, 6.07) is 0. The van der Waals surface area contributed by atoms with E-state index in [1.807, 2.05) is 6.92 Å². The number of rotatable bonds is 9. The Kier molecular flexibility index (Phi) is 9.42. The number of hydrogen-bond acceptors (Lipinski definition) is 2. The van der Waals surface area contributed by atoms with Crippen LogP contribution in [0.3, 0.4) is 0 Å². The van der Waals surface area contributed by atoms with Crippen LogP contribution in [-0.2, 0) is 9.47 Å². The normalized spacial score (nSPS) is 15.4. The zero-order valence-corrected chi connectivity index (χ0v) is 10.2. The lowest BCUT2D eigenvalue weighted by Gasteiger charge is -2.12. The topological polar surface area (TPSA) is 18.5 Å². The van der Waals surface area contributed by atoms with Crippen molar-refractivity contribution in [1.82, 2.24) is 0 Å². The van der Waals surface area contributed by atoms with Gasteiger partial charge in [-0.05, 0) is 46.5 Å². The molecule has 0 aliphatic rings. The first-order valence-corrected chi connectivity index (χ1v) is 5.93. The van der Waals surface area contributed by atoms with Gasteiger partial charge < -0.3 is 9.47 Å². The van der Waals surface area contributed by atoms with Crippen molar-refractivity contribution in [3.05, 3.63) is 0 Å². The molecule has 0 bridgehead atoms. The highest BCUT2D eigenvalue weighted by Gasteiger charge is 2.01. The Bertz CT molecular complexity index is 115. The Labute approximate surface area is 89.0 Å². The predicted molar refractivity (Wildman–Crippen MR) is 60.6 cm³/mol. The molecule has 86 valence electrons. The molecular weight excluding hydrogens is 176 g/mol. The summed E-state index contributed by atoms with van der Waals surface area (Å²) in [7, 11) is 0. The van der Waals surface area contributed by atoms with E-state index in [1.54, 1.807) is 0 Å². The molecule has 0 saturated carbocycles. The molecule has 0 radical (unpaired) electrons. The van der Waals surface area contributed by atoms with Gasteiger partial charge in [0.05, 0.1) is 12.2 Å². The van der Waals surface area contributed by atoms with E-state index in [0.29, 0.717) is 12.2 Å². The van der Waals surface area contributed by atoms with Crippen LogP contribution in [0, 0.1) is 0 Å². The van der Waals surface area contributed by atoms with Crippen LogP contribution < -0.4 is 0 Å². The average Bonchev–Trinajstić information content (AvgIpc) is 2.17. The van der Waals surface area contributed by atoms with Crippen LogP contribution >= 0.6 is 0 Å². The molecule has 0 N–H and O–H groups in total. The highest BCUT2D eigenvalue weighted by molar-refractivity contribution is 4.51. The van der Waals surface area contributed by atoms with Crippen LogP contribution in [0.2, 0.25) is 0 Å². The third kappa shape index (κ3) is 8.52. The predicted octanol–water partition coefficient (Wildman–Crippen LogP) is 3.40. The van der Waals surface area contributed by atoms with Gasteiger partial charge in [-0.3, -0.25) is 0 Å². The van der Waals surface area contributed by atoms with Crippen LogP contribution in [0.15, 0.2) is 0 Å². The molecule has 2 heteroatoms. The number of hydrogen-bond donors (Lipinski definition) is 0. The summed E-state index contributed by atoms with van der Waals surface area (Å²) >= 11 is 0. The van der Waals surface area contributed by atoms with Crippen molar-refractivity contribution in [2.75, 3.05) is 13.2 Å². The molecule has 0 aromatic carbocycles. The third-order valence-electron chi connectivity index (χ3n) is 2.43. The van der Waals surface area contributed by atoms with E-state index in [0.717, 1.165) is 32.5 Å². The van der Waals surface area contributed by atoms with Gasteiger partial charge >= 0.3 is 0 Å². The molecule has 0 amide bonds. The smallest absolute Gasteiger partial charge is 0.0546 e. The van der Waals surface area contributed by atoms with E-state index in [9.17, 15) is 0 Å². The lowest BCUT2D eigenvalue weighted by atomic mass is 10.2. The van der Waals surface area contributed by atoms with Gasteiger partial charge in [0.1, 0.15) is 0 Å². The van der Waals surface area contributed by atoms with Crippen molar-refractivity contribution in [3.8, 4) is 0 Å². The van der Waals surface area contributed by atoms with Crippen LogP contribution in [0.5, 0.6) is 0 Å². The Morgan fingerprint density at radius 3 is 2.21 bits per heavy atom. The SMILES string of the molecule is CCOC(C)CCCCOC(C)CC. The van der Waals surface area contributed by atoms with Crippen LogP contribution in [0.25, 0.3) is 0 Å². The Morgan fingerprint density at radius 2 is 1.64 bits per heavy atom. The van der Waals surface area contributed by atoms with E-state index in [-0.39, 0.29) is 0 Å². The van der Waals surface area contributed by atoms with Gasteiger partial charge in [0.25, 0.3) is 0 Å². The molecule has 0 saturated heterocycles. The lowest BCUT2D eigenvalue weighted by Crippen LogP contribution is -2.10. The van der Waals surface area contributed by atoms with E-state index >= 15 is 0 Å². The van der Waals surface area contributed by atoms with Gasteiger partial charge in [-0.1, -0.05) is 6.92 Å². The molecule has 2 atom stereocenters. The molecule has 2 nitrogen and oxygen atoms in total. The van der Waals surface area contributed by atoms with Crippen LogP contribution in [0.4, 0.5) is 0 Å². The summed E-state index contributed by atoms with van der Waals surface area (Å²) in [5.74, 6) is 0. The Balaban J connectivity index is 3.13. The Hall–Kier alpha value is -0.0800. The van der Waals surface area contributed by atoms with Crippen LogP contribution in [0.1, 0.15) is 53.4 Å². The second-order valence-corrected chi connectivity index (χ2v) is 3.85. The monoisotopic (exact) mass is 202 g/mol. The molecule has 0 aromatic rings. The summed E-state index contributed by atoms with van der Waals surface area (Å²) in [4.78, 5) is 0. The molecule has 0 rings (SSSR count). The maximum Gasteiger partial charge on any atom is 0.0546 e. The Morgan fingerprint density at radius 1 is 0.929 bits per heavy atom. The second kappa shape index (κ2) is 9.47. The summed E-state index contributed by atoms with van der Waals surface area (Å²) in [6.45, 7) is 10.2. The van der Waals surface area contributed by atoms with E-state index < -0.39 is 0 Å². The van der Waals surface area contributed by atoms with E-state index in [1.165, 1.54) is 6.42 Å². The van der Waals surface area contributed by atoms with E-state index in [2.05, 4.69) is 20.8 Å². The fourth-order valence-corrected chi connectivity index (χ4v) is 1.30. The summed E-state index contributed by atoms with van der Waals surface area (Å²) < 4.78 is 11.0. The standard InChI is InChI=1S/C12H26O2/c1-5-11(3)14-10-8-7-9-12(4)13-6-2/h11-12H,5-10H2,1-4H3. The number of ether oxygens (including phenoxy) is 2. The summed E-state index contributed by atoms with van der Waals surface area (Å²) in [5, 5.41) is 0. The maximum absolute atomic E-state index is 5.59. The molecule has 0 aromatic heterocycles. The maximum atomic E-state index is 5.59. The molecular formula is C12H26O2. The minimum Gasteiger partial charge on any atom is -0.379 e. The first-order chi connectivity index (χ1) is 6.70. The van der Waals surface area contributed by atoms with Gasteiger partial charge in [0.2, 0.25) is 0 Å². The van der Waals surface area contributed by atoms with Crippen molar-refractivity contribution in [2.24, 2.45) is 0 Å². The van der Waals surface area contributed by atoms with Crippen molar-refractivity contribution in [1.29, 1.82) is 0 Å². The second-order valence-electron chi connectivity index (χ2n) is 3.85. The molecule has 0 heterocycles. The van der Waals surface area contributed by atoms with E-state index in [4.69, 9.17) is 9.47 Å². The summed E-state index contributed by atoms with van der Waals surface area (Å²) in [6.07, 6.45) is 5.44. The zero-order valence-electron chi connectivity index (χ0n) is 10.2. The minimum absolute atomic E-state index is 0.406. The fourth-order valence-electron chi connectivity index (χ4n) is 1.30. The number of unbranched alkanes of at least 4 members (excludes halogenated alkanes) is 1. The van der Waals surface area contributed by atoms with Crippen molar-refractivity contribution >= 4 is 0 Å². The zero-order chi connectivity index (χ0) is 10.8. The quantitative estimate of drug-likeness (QED) is 0.533. The third-order valence-corrected chi connectivity index (χ3v) is 2.43. The van der Waals surface area contributed by atoms with Crippen LogP contribution in [-0.4, -0.2) is 25.4 Å². The largest absolute Gasteiger partial charge is 0.379 e. The first-order valence-electron chi connectivity index (χ1n) is 5.93. The molecule has 0 aliphatic carbocycles. The molecule has 0 spiro atoms. The molecule has 0 aliphatic heterocycles.